The van der Waals surface area contributed by atoms with Crippen molar-refractivity contribution in [3.8, 4) is 5.75 Å². The first-order valence-electron chi connectivity index (χ1n) is 8.61. The van der Waals surface area contributed by atoms with E-state index in [0.717, 1.165) is 0 Å². The minimum absolute atomic E-state index is 0.0851. The van der Waals surface area contributed by atoms with Crippen molar-refractivity contribution >= 4 is 22.9 Å². The Hall–Kier alpha value is -3.55. The number of hydrogen-bond donors (Lipinski definition) is 1. The van der Waals surface area contributed by atoms with E-state index >= 15 is 0 Å². The summed E-state index contributed by atoms with van der Waals surface area (Å²) in [5.74, 6) is -0.988. The lowest BCUT2D eigenvalue weighted by Gasteiger charge is -2.12. The number of benzene rings is 2. The molecular weight excluding hydrogens is 363 g/mol. The van der Waals surface area contributed by atoms with E-state index in [-0.39, 0.29) is 23.0 Å². The minimum Gasteiger partial charge on any atom is -0.494 e. The molecule has 0 spiro atoms. The van der Waals surface area contributed by atoms with Crippen LogP contribution >= 0.6 is 0 Å². The van der Waals surface area contributed by atoms with Crippen molar-refractivity contribution in [3.05, 3.63) is 69.9 Å². The first kappa shape index (κ1) is 19.2. The van der Waals surface area contributed by atoms with Crippen LogP contribution in [0.3, 0.4) is 0 Å². The molecule has 0 saturated heterocycles. The summed E-state index contributed by atoms with van der Waals surface area (Å²) in [7, 11) is 1.38. The van der Waals surface area contributed by atoms with E-state index < -0.39 is 11.7 Å². The predicted molar refractivity (Wildman–Crippen MR) is 104 cm³/mol. The topological polar surface area (TPSA) is 85.6 Å². The van der Waals surface area contributed by atoms with Gasteiger partial charge < -0.3 is 4.74 Å². The van der Waals surface area contributed by atoms with E-state index in [4.69, 9.17) is 4.74 Å². The lowest BCUT2D eigenvalue weighted by Crippen LogP contribution is -2.30. The van der Waals surface area contributed by atoms with Gasteiger partial charge in [0.2, 0.25) is 0 Å². The monoisotopic (exact) mass is 382 g/mol. The van der Waals surface area contributed by atoms with E-state index in [9.17, 15) is 14.0 Å². The number of nitrogens with zero attached hydrogens (tertiary/aromatic N) is 3. The van der Waals surface area contributed by atoms with E-state index in [2.05, 4.69) is 15.6 Å². The highest BCUT2D eigenvalue weighted by atomic mass is 19.1. The highest BCUT2D eigenvalue weighted by molar-refractivity contribution is 6.04. The molecule has 0 radical (unpaired) electrons. The largest absolute Gasteiger partial charge is 0.494 e. The van der Waals surface area contributed by atoms with Crippen molar-refractivity contribution in [3.63, 3.8) is 0 Å². The maximum absolute atomic E-state index is 13.7. The zero-order valence-electron chi connectivity index (χ0n) is 15.6. The van der Waals surface area contributed by atoms with Gasteiger partial charge in [0.25, 0.3) is 11.5 Å². The van der Waals surface area contributed by atoms with Crippen LogP contribution in [0.15, 0.2) is 52.4 Å². The third-order valence-corrected chi connectivity index (χ3v) is 4.09. The standard InChI is InChI=1S/C20H19FN4O3/c1-12(2)25-20(27)15-7-5-4-6-14(15)18(24-25)19(26)23-22-11-13-8-9-17(28-3)16(21)10-13/h4-12H,1-3H3,(H,23,26)/b22-11-. The zero-order chi connectivity index (χ0) is 20.3. The maximum Gasteiger partial charge on any atom is 0.292 e. The number of aromatic nitrogens is 2. The minimum atomic E-state index is -0.573. The molecule has 1 heterocycles. The molecule has 0 unspecified atom stereocenters. The number of fused-ring (bicyclic) bond motifs is 1. The molecule has 3 aromatic rings. The van der Waals surface area contributed by atoms with Crippen LogP contribution in [0, 0.1) is 5.82 Å². The normalized spacial score (nSPS) is 11.3. The van der Waals surface area contributed by atoms with Crippen LogP contribution in [-0.2, 0) is 0 Å². The summed E-state index contributed by atoms with van der Waals surface area (Å²) in [5, 5.41) is 8.90. The van der Waals surface area contributed by atoms with Crippen molar-refractivity contribution in [1.82, 2.24) is 15.2 Å². The quantitative estimate of drug-likeness (QED) is 0.543. The summed E-state index contributed by atoms with van der Waals surface area (Å²) >= 11 is 0. The average molecular weight is 382 g/mol. The number of ether oxygens (including phenoxy) is 1. The number of hydrogen-bond acceptors (Lipinski definition) is 5. The Labute approximate surface area is 160 Å². The van der Waals surface area contributed by atoms with Gasteiger partial charge in [-0.25, -0.2) is 14.5 Å². The molecule has 0 aliphatic rings. The summed E-state index contributed by atoms with van der Waals surface area (Å²) in [6.07, 6.45) is 1.31. The fraction of sp³-hybridized carbons (Fsp3) is 0.200. The molecule has 7 nitrogen and oxygen atoms in total. The molecule has 1 amide bonds. The van der Waals surface area contributed by atoms with E-state index in [1.165, 1.54) is 30.1 Å². The highest BCUT2D eigenvalue weighted by Crippen LogP contribution is 2.17. The summed E-state index contributed by atoms with van der Waals surface area (Å²) in [6, 6.07) is 10.9. The van der Waals surface area contributed by atoms with Gasteiger partial charge >= 0.3 is 0 Å². The molecule has 2 aromatic carbocycles. The summed E-state index contributed by atoms with van der Waals surface area (Å²) in [5.41, 5.74) is 2.64. The van der Waals surface area contributed by atoms with Gasteiger partial charge in [0.05, 0.1) is 24.8 Å². The number of carbonyl (C=O) groups is 1. The fourth-order valence-electron chi connectivity index (χ4n) is 2.71. The predicted octanol–water partition coefficient (Wildman–Crippen LogP) is 2.89. The van der Waals surface area contributed by atoms with Gasteiger partial charge in [-0.1, -0.05) is 18.2 Å². The Morgan fingerprint density at radius 3 is 2.61 bits per heavy atom. The van der Waals surface area contributed by atoms with Crippen molar-refractivity contribution in [2.24, 2.45) is 5.10 Å². The molecule has 1 aromatic heterocycles. The molecule has 0 aliphatic heterocycles. The Morgan fingerprint density at radius 2 is 1.96 bits per heavy atom. The number of nitrogens with one attached hydrogen (secondary N) is 1. The van der Waals surface area contributed by atoms with E-state index in [0.29, 0.717) is 16.3 Å². The van der Waals surface area contributed by atoms with E-state index in [1.54, 1.807) is 44.2 Å². The van der Waals surface area contributed by atoms with Gasteiger partial charge in [0.1, 0.15) is 0 Å². The number of hydrazone groups is 1. The number of rotatable bonds is 5. The van der Waals surface area contributed by atoms with Gasteiger partial charge in [0, 0.05) is 5.39 Å². The lowest BCUT2D eigenvalue weighted by molar-refractivity contribution is 0.0949. The van der Waals surface area contributed by atoms with E-state index in [1.807, 2.05) is 0 Å². The Bertz CT molecular complexity index is 1120. The van der Waals surface area contributed by atoms with Crippen molar-refractivity contribution in [2.75, 3.05) is 7.11 Å². The molecule has 0 fully saturated rings. The third-order valence-electron chi connectivity index (χ3n) is 4.09. The number of amides is 1. The molecule has 3 rings (SSSR count). The summed E-state index contributed by atoms with van der Waals surface area (Å²) in [6.45, 7) is 3.61. The Balaban J connectivity index is 1.90. The maximum atomic E-state index is 13.7. The molecule has 0 bridgehead atoms. The third kappa shape index (κ3) is 3.75. The second-order valence-corrected chi connectivity index (χ2v) is 6.33. The van der Waals surface area contributed by atoms with Crippen molar-refractivity contribution < 1.29 is 13.9 Å². The molecule has 0 aliphatic carbocycles. The smallest absolute Gasteiger partial charge is 0.292 e. The summed E-state index contributed by atoms with van der Waals surface area (Å²) < 4.78 is 19.8. The molecule has 28 heavy (non-hydrogen) atoms. The molecule has 0 atom stereocenters. The van der Waals surface area contributed by atoms with Crippen LogP contribution in [0.5, 0.6) is 5.75 Å². The van der Waals surface area contributed by atoms with Gasteiger partial charge in [-0.3, -0.25) is 9.59 Å². The van der Waals surface area contributed by atoms with Crippen LogP contribution in [-0.4, -0.2) is 29.0 Å². The number of carbonyl (C=O) groups excluding carboxylic acids is 1. The zero-order valence-corrected chi connectivity index (χ0v) is 15.6. The van der Waals surface area contributed by atoms with Crippen LogP contribution in [0.2, 0.25) is 0 Å². The van der Waals surface area contributed by atoms with Gasteiger partial charge in [-0.15, -0.1) is 0 Å². The molecule has 144 valence electrons. The first-order valence-corrected chi connectivity index (χ1v) is 8.61. The lowest BCUT2D eigenvalue weighted by atomic mass is 10.1. The molecular formula is C20H19FN4O3. The number of halogens is 1. The average Bonchev–Trinajstić information content (AvgIpc) is 2.68. The van der Waals surface area contributed by atoms with Crippen LogP contribution in [0.25, 0.3) is 10.8 Å². The second-order valence-electron chi connectivity index (χ2n) is 6.33. The van der Waals surface area contributed by atoms with Gasteiger partial charge in [-0.2, -0.15) is 10.2 Å². The Morgan fingerprint density at radius 1 is 1.25 bits per heavy atom. The fourth-order valence-corrected chi connectivity index (χ4v) is 2.71. The van der Waals surface area contributed by atoms with Gasteiger partial charge in [0.15, 0.2) is 17.3 Å². The Kier molecular flexibility index (Phi) is 5.49. The highest BCUT2D eigenvalue weighted by Gasteiger charge is 2.17. The molecule has 0 saturated carbocycles. The van der Waals surface area contributed by atoms with Gasteiger partial charge in [-0.05, 0) is 43.7 Å². The van der Waals surface area contributed by atoms with Crippen molar-refractivity contribution in [2.45, 2.75) is 19.9 Å². The van der Waals surface area contributed by atoms with Crippen molar-refractivity contribution in [1.29, 1.82) is 0 Å². The molecule has 1 N–H and O–H groups in total. The SMILES string of the molecule is COc1ccc(/C=N\NC(=O)c2nn(C(C)C)c(=O)c3ccccc23)cc1F. The second kappa shape index (κ2) is 7.99. The first-order chi connectivity index (χ1) is 13.4. The van der Waals surface area contributed by atoms with Crippen LogP contribution in [0.4, 0.5) is 4.39 Å². The number of methoxy groups -OCH3 is 1. The summed E-state index contributed by atoms with van der Waals surface area (Å²) in [4.78, 5) is 25.1. The molecule has 8 heteroatoms. The van der Waals surface area contributed by atoms with Crippen LogP contribution < -0.4 is 15.7 Å². The van der Waals surface area contributed by atoms with Crippen LogP contribution in [0.1, 0.15) is 35.9 Å².